The number of amides is 1. The number of nitrogens with zero attached hydrogens (tertiary/aromatic N) is 2. The van der Waals surface area contributed by atoms with Gasteiger partial charge in [0.2, 0.25) is 5.13 Å². The van der Waals surface area contributed by atoms with Crippen LogP contribution >= 0.6 is 11.3 Å². The highest BCUT2D eigenvalue weighted by Crippen LogP contribution is 2.34. The Kier molecular flexibility index (Phi) is 5.70. The summed E-state index contributed by atoms with van der Waals surface area (Å²) in [4.78, 5) is 12.4. The molecule has 0 saturated carbocycles. The zero-order valence-corrected chi connectivity index (χ0v) is 14.4. The Hall–Kier alpha value is -2.41. The summed E-state index contributed by atoms with van der Waals surface area (Å²) in [6, 6.07) is 3.39. The summed E-state index contributed by atoms with van der Waals surface area (Å²) in [5, 5.41) is 12.1. The van der Waals surface area contributed by atoms with Gasteiger partial charge in [0, 0.05) is 11.1 Å². The van der Waals surface area contributed by atoms with Gasteiger partial charge in [0.25, 0.3) is 5.91 Å². The lowest BCUT2D eigenvalue weighted by molar-refractivity contribution is 0.102. The zero-order chi connectivity index (χ0) is 16.8. The highest BCUT2D eigenvalue weighted by atomic mass is 32.1. The number of carbonyl (C=O) groups excluding carboxylic acids is 1. The number of allylic oxidation sites excluding steroid dienone is 1. The van der Waals surface area contributed by atoms with E-state index >= 15 is 0 Å². The Balaban J connectivity index is 2.33. The smallest absolute Gasteiger partial charge is 0.257 e. The van der Waals surface area contributed by atoms with Crippen molar-refractivity contribution in [2.45, 2.75) is 20.3 Å². The number of aryl methyl sites for hydroxylation is 1. The number of methoxy groups -OCH3 is 2. The maximum atomic E-state index is 12.4. The van der Waals surface area contributed by atoms with E-state index in [0.717, 1.165) is 17.0 Å². The number of hydrogen-bond donors (Lipinski definition) is 1. The molecule has 2 aromatic rings. The van der Waals surface area contributed by atoms with E-state index < -0.39 is 0 Å². The largest absolute Gasteiger partial charge is 0.493 e. The number of aromatic nitrogens is 2. The molecule has 1 amide bonds. The molecule has 7 heteroatoms. The summed E-state index contributed by atoms with van der Waals surface area (Å²) in [7, 11) is 3.11. The predicted octanol–water partition coefficient (Wildman–Crippen LogP) is 3.40. The van der Waals surface area contributed by atoms with Crippen molar-refractivity contribution in [1.82, 2.24) is 10.2 Å². The molecule has 0 radical (unpaired) electrons. The summed E-state index contributed by atoms with van der Waals surface area (Å²) >= 11 is 1.36. The molecule has 122 valence electrons. The van der Waals surface area contributed by atoms with E-state index in [0.29, 0.717) is 22.2 Å². The van der Waals surface area contributed by atoms with Gasteiger partial charge < -0.3 is 9.47 Å². The monoisotopic (exact) mass is 333 g/mol. The topological polar surface area (TPSA) is 73.3 Å². The van der Waals surface area contributed by atoms with Crippen molar-refractivity contribution in [2.75, 3.05) is 19.5 Å². The minimum absolute atomic E-state index is 0.268. The zero-order valence-electron chi connectivity index (χ0n) is 13.5. The van der Waals surface area contributed by atoms with E-state index in [9.17, 15) is 4.79 Å². The van der Waals surface area contributed by atoms with Gasteiger partial charge in [-0.05, 0) is 25.5 Å². The van der Waals surface area contributed by atoms with Crippen LogP contribution in [0.1, 0.15) is 34.8 Å². The second-order valence-electron chi connectivity index (χ2n) is 4.61. The number of benzene rings is 1. The molecule has 23 heavy (non-hydrogen) atoms. The number of rotatable bonds is 6. The molecule has 6 nitrogen and oxygen atoms in total. The quantitative estimate of drug-likeness (QED) is 0.877. The summed E-state index contributed by atoms with van der Waals surface area (Å²) in [6.45, 7) is 3.88. The Bertz CT molecular complexity index is 725. The molecule has 0 atom stereocenters. The fourth-order valence-electron chi connectivity index (χ4n) is 2.04. The summed E-state index contributed by atoms with van der Waals surface area (Å²) in [5.41, 5.74) is 1.23. The number of hydrogen-bond acceptors (Lipinski definition) is 6. The number of ether oxygens (including phenoxy) is 2. The van der Waals surface area contributed by atoms with Crippen LogP contribution in [0.15, 0.2) is 18.2 Å². The van der Waals surface area contributed by atoms with Crippen molar-refractivity contribution in [2.24, 2.45) is 0 Å². The lowest BCUT2D eigenvalue weighted by atomic mass is 10.1. The van der Waals surface area contributed by atoms with E-state index in [-0.39, 0.29) is 5.91 Å². The van der Waals surface area contributed by atoms with Gasteiger partial charge in [-0.3, -0.25) is 10.1 Å². The van der Waals surface area contributed by atoms with Gasteiger partial charge in [-0.2, -0.15) is 0 Å². The van der Waals surface area contributed by atoms with Gasteiger partial charge in [0.15, 0.2) is 11.5 Å². The van der Waals surface area contributed by atoms with Crippen molar-refractivity contribution in [3.8, 4) is 11.5 Å². The highest BCUT2D eigenvalue weighted by molar-refractivity contribution is 7.15. The Labute approximate surface area is 139 Å². The van der Waals surface area contributed by atoms with E-state index in [4.69, 9.17) is 9.47 Å². The number of nitrogens with one attached hydrogen (secondary N) is 1. The molecule has 0 aliphatic carbocycles. The minimum Gasteiger partial charge on any atom is -0.493 e. The van der Waals surface area contributed by atoms with Crippen LogP contribution in [0.5, 0.6) is 11.5 Å². The van der Waals surface area contributed by atoms with Gasteiger partial charge >= 0.3 is 0 Å². The molecular weight excluding hydrogens is 314 g/mol. The minimum atomic E-state index is -0.268. The van der Waals surface area contributed by atoms with Crippen LogP contribution in [0.2, 0.25) is 0 Å². The van der Waals surface area contributed by atoms with Gasteiger partial charge in [-0.15, -0.1) is 10.2 Å². The fraction of sp³-hybridized carbons (Fsp3) is 0.312. The second kappa shape index (κ2) is 7.73. The van der Waals surface area contributed by atoms with Crippen molar-refractivity contribution >= 4 is 28.5 Å². The molecule has 2 rings (SSSR count). The Morgan fingerprint density at radius 1 is 1.30 bits per heavy atom. The molecule has 1 aromatic heterocycles. The molecule has 0 saturated heterocycles. The van der Waals surface area contributed by atoms with E-state index in [1.807, 2.05) is 26.0 Å². The van der Waals surface area contributed by atoms with Gasteiger partial charge in [0.05, 0.1) is 14.2 Å². The molecule has 0 aliphatic rings. The predicted molar refractivity (Wildman–Crippen MR) is 91.5 cm³/mol. The molecule has 0 bridgehead atoms. The normalized spacial score (nSPS) is 10.8. The average molecular weight is 333 g/mol. The maximum Gasteiger partial charge on any atom is 0.257 e. The lowest BCUT2D eigenvalue weighted by Gasteiger charge is -2.12. The van der Waals surface area contributed by atoms with E-state index in [2.05, 4.69) is 15.5 Å². The fourth-order valence-corrected chi connectivity index (χ4v) is 2.72. The van der Waals surface area contributed by atoms with Gasteiger partial charge in [-0.25, -0.2) is 0 Å². The third-order valence-electron chi connectivity index (χ3n) is 3.11. The third kappa shape index (κ3) is 3.87. The third-order valence-corrected chi connectivity index (χ3v) is 4.09. The SMILES string of the molecule is C/C=C/c1cc(C(=O)Nc2nnc(CC)s2)cc(OC)c1OC. The first kappa shape index (κ1) is 17.0. The standard InChI is InChI=1S/C16H19N3O3S/c1-5-7-10-8-11(9-12(21-3)14(10)22-4)15(20)17-16-19-18-13(6-2)23-16/h5,7-9H,6H2,1-4H3,(H,17,19,20)/b7-5+. The van der Waals surface area contributed by atoms with Gasteiger partial charge in [-0.1, -0.05) is 30.4 Å². The molecule has 0 fully saturated rings. The molecule has 0 aliphatic heterocycles. The van der Waals surface area contributed by atoms with Crippen LogP contribution in [-0.2, 0) is 6.42 Å². The summed E-state index contributed by atoms with van der Waals surface area (Å²) in [5.74, 6) is 0.821. The Morgan fingerprint density at radius 3 is 2.65 bits per heavy atom. The lowest BCUT2D eigenvalue weighted by Crippen LogP contribution is -2.12. The van der Waals surface area contributed by atoms with E-state index in [1.165, 1.54) is 18.4 Å². The van der Waals surface area contributed by atoms with Crippen molar-refractivity contribution in [3.05, 3.63) is 34.3 Å². The first-order chi connectivity index (χ1) is 11.1. The van der Waals surface area contributed by atoms with E-state index in [1.54, 1.807) is 19.2 Å². The van der Waals surface area contributed by atoms with Crippen LogP contribution < -0.4 is 14.8 Å². The van der Waals surface area contributed by atoms with Crippen LogP contribution in [0.25, 0.3) is 6.08 Å². The molecular formula is C16H19N3O3S. The van der Waals surface area contributed by atoms with Crippen LogP contribution in [0, 0.1) is 0 Å². The molecule has 0 spiro atoms. The molecule has 1 heterocycles. The first-order valence-corrected chi connectivity index (χ1v) is 7.97. The van der Waals surface area contributed by atoms with Crippen LogP contribution in [0.4, 0.5) is 5.13 Å². The van der Waals surface area contributed by atoms with Crippen molar-refractivity contribution < 1.29 is 14.3 Å². The van der Waals surface area contributed by atoms with Crippen molar-refractivity contribution in [1.29, 1.82) is 0 Å². The van der Waals surface area contributed by atoms with Gasteiger partial charge in [0.1, 0.15) is 5.01 Å². The molecule has 1 N–H and O–H groups in total. The van der Waals surface area contributed by atoms with Crippen molar-refractivity contribution in [3.63, 3.8) is 0 Å². The maximum absolute atomic E-state index is 12.4. The Morgan fingerprint density at radius 2 is 2.09 bits per heavy atom. The first-order valence-electron chi connectivity index (χ1n) is 7.15. The van der Waals surface area contributed by atoms with Crippen LogP contribution in [0.3, 0.4) is 0 Å². The number of anilines is 1. The number of carbonyl (C=O) groups is 1. The highest BCUT2D eigenvalue weighted by Gasteiger charge is 2.16. The summed E-state index contributed by atoms with van der Waals surface area (Å²) in [6.07, 6.45) is 4.52. The average Bonchev–Trinajstić information content (AvgIpc) is 3.01. The molecule has 0 unspecified atom stereocenters. The van der Waals surface area contributed by atoms with Crippen LogP contribution in [-0.4, -0.2) is 30.3 Å². The molecule has 1 aromatic carbocycles. The summed E-state index contributed by atoms with van der Waals surface area (Å²) < 4.78 is 10.7. The second-order valence-corrected chi connectivity index (χ2v) is 5.67.